The number of aromatic nitrogens is 1. The Bertz CT molecular complexity index is 323. The molecule has 0 aliphatic heterocycles. The van der Waals surface area contributed by atoms with E-state index in [0.29, 0.717) is 11.9 Å². The van der Waals surface area contributed by atoms with Gasteiger partial charge >= 0.3 is 0 Å². The highest BCUT2D eigenvalue weighted by atomic mass is 16.5. The molecule has 1 atom stereocenters. The van der Waals surface area contributed by atoms with E-state index in [2.05, 4.69) is 30.2 Å². The van der Waals surface area contributed by atoms with Crippen LogP contribution >= 0.6 is 0 Å². The van der Waals surface area contributed by atoms with Gasteiger partial charge in [-0.3, -0.25) is 0 Å². The Morgan fingerprint density at radius 3 is 3.00 bits per heavy atom. The summed E-state index contributed by atoms with van der Waals surface area (Å²) in [5.74, 6) is 0.647. The third-order valence-corrected chi connectivity index (χ3v) is 2.04. The molecule has 3 nitrogen and oxygen atoms in total. The molecule has 0 aliphatic carbocycles. The Morgan fingerprint density at radius 2 is 2.33 bits per heavy atom. The highest BCUT2D eigenvalue weighted by molar-refractivity contribution is 5.46. The second kappa shape index (κ2) is 6.19. The molecule has 82 valence electrons. The van der Waals surface area contributed by atoms with Crippen molar-refractivity contribution in [2.24, 2.45) is 0 Å². The van der Waals surface area contributed by atoms with Crippen molar-refractivity contribution in [3.8, 4) is 5.88 Å². The first kappa shape index (κ1) is 11.7. The van der Waals surface area contributed by atoms with Gasteiger partial charge in [-0.15, -0.1) is 0 Å². The lowest BCUT2D eigenvalue weighted by Crippen LogP contribution is -2.22. The largest absolute Gasteiger partial charge is 0.481 e. The first-order valence-corrected chi connectivity index (χ1v) is 5.19. The van der Waals surface area contributed by atoms with Crippen molar-refractivity contribution in [2.45, 2.75) is 19.9 Å². The second-order valence-corrected chi connectivity index (χ2v) is 3.31. The van der Waals surface area contributed by atoms with Crippen LogP contribution in [0.25, 0.3) is 6.08 Å². The minimum atomic E-state index is 0.364. The molecule has 1 aromatic rings. The van der Waals surface area contributed by atoms with E-state index in [4.69, 9.17) is 4.74 Å². The maximum Gasteiger partial charge on any atom is 0.213 e. The van der Waals surface area contributed by atoms with Gasteiger partial charge in [0.25, 0.3) is 0 Å². The van der Waals surface area contributed by atoms with E-state index in [9.17, 15) is 0 Å². The smallest absolute Gasteiger partial charge is 0.213 e. The molecule has 0 bridgehead atoms. The molecule has 1 heterocycles. The Balaban J connectivity index is 2.63. The Hall–Kier alpha value is -1.35. The van der Waals surface area contributed by atoms with E-state index in [1.54, 1.807) is 7.11 Å². The van der Waals surface area contributed by atoms with Crippen LogP contribution in [-0.4, -0.2) is 24.7 Å². The number of likely N-dealkylation sites (N-methyl/N-ethyl adjacent to an activating group) is 1. The summed E-state index contributed by atoms with van der Waals surface area (Å²) in [5.41, 5.74) is 0.916. The molecular weight excluding hydrogens is 188 g/mol. The van der Waals surface area contributed by atoms with E-state index in [1.165, 1.54) is 0 Å². The van der Waals surface area contributed by atoms with E-state index in [-0.39, 0.29) is 0 Å². The quantitative estimate of drug-likeness (QED) is 0.801. The summed E-state index contributed by atoms with van der Waals surface area (Å²) in [4.78, 5) is 4.29. The van der Waals surface area contributed by atoms with Gasteiger partial charge < -0.3 is 10.1 Å². The first-order chi connectivity index (χ1) is 7.26. The van der Waals surface area contributed by atoms with Crippen molar-refractivity contribution in [3.63, 3.8) is 0 Å². The van der Waals surface area contributed by atoms with E-state index in [0.717, 1.165) is 12.2 Å². The van der Waals surface area contributed by atoms with Gasteiger partial charge in [-0.1, -0.05) is 19.1 Å². The fourth-order valence-electron chi connectivity index (χ4n) is 1.27. The number of pyridine rings is 1. The van der Waals surface area contributed by atoms with Gasteiger partial charge in [-0.2, -0.15) is 0 Å². The number of nitrogens with zero attached hydrogens (tertiary/aromatic N) is 1. The zero-order valence-electron chi connectivity index (χ0n) is 9.53. The lowest BCUT2D eigenvalue weighted by Gasteiger charge is -2.05. The number of nitrogens with one attached hydrogen (secondary N) is 1. The summed E-state index contributed by atoms with van der Waals surface area (Å²) in [6, 6.07) is 6.09. The molecule has 0 saturated carbocycles. The van der Waals surface area contributed by atoms with Crippen LogP contribution < -0.4 is 10.1 Å². The average molecular weight is 206 g/mol. The van der Waals surface area contributed by atoms with Gasteiger partial charge in [-0.25, -0.2) is 4.98 Å². The Labute approximate surface area is 91.2 Å². The molecular formula is C12H18N2O. The highest BCUT2D eigenvalue weighted by Crippen LogP contribution is 2.07. The van der Waals surface area contributed by atoms with Crippen molar-refractivity contribution in [3.05, 3.63) is 30.0 Å². The minimum absolute atomic E-state index is 0.364. The summed E-state index contributed by atoms with van der Waals surface area (Å²) >= 11 is 0. The summed E-state index contributed by atoms with van der Waals surface area (Å²) in [7, 11) is 1.62. The van der Waals surface area contributed by atoms with Gasteiger partial charge in [0, 0.05) is 12.1 Å². The summed E-state index contributed by atoms with van der Waals surface area (Å²) in [6.07, 6.45) is 4.08. The summed E-state index contributed by atoms with van der Waals surface area (Å²) in [6.45, 7) is 5.17. The number of hydrogen-bond donors (Lipinski definition) is 1. The van der Waals surface area contributed by atoms with Crippen LogP contribution in [0.1, 0.15) is 19.5 Å². The molecule has 1 unspecified atom stereocenters. The molecule has 1 rings (SSSR count). The van der Waals surface area contributed by atoms with Crippen LogP contribution in [0, 0.1) is 0 Å². The van der Waals surface area contributed by atoms with Gasteiger partial charge in [0.2, 0.25) is 5.88 Å². The van der Waals surface area contributed by atoms with E-state index >= 15 is 0 Å². The fourth-order valence-corrected chi connectivity index (χ4v) is 1.27. The molecule has 1 N–H and O–H groups in total. The predicted octanol–water partition coefficient (Wildman–Crippen LogP) is 2.10. The van der Waals surface area contributed by atoms with Crippen LogP contribution in [0.4, 0.5) is 0 Å². The normalized spacial score (nSPS) is 13.0. The monoisotopic (exact) mass is 206 g/mol. The van der Waals surface area contributed by atoms with E-state index in [1.807, 2.05) is 24.3 Å². The zero-order valence-corrected chi connectivity index (χ0v) is 9.53. The Morgan fingerprint density at radius 1 is 1.53 bits per heavy atom. The number of hydrogen-bond acceptors (Lipinski definition) is 3. The van der Waals surface area contributed by atoms with E-state index < -0.39 is 0 Å². The van der Waals surface area contributed by atoms with Crippen LogP contribution in [0.2, 0.25) is 0 Å². The molecule has 0 saturated heterocycles. The maximum atomic E-state index is 5.05. The Kier molecular flexibility index (Phi) is 4.84. The van der Waals surface area contributed by atoms with Crippen LogP contribution in [-0.2, 0) is 0 Å². The lowest BCUT2D eigenvalue weighted by atomic mass is 10.2. The standard InChI is InChI=1S/C12H18N2O/c1-4-13-10(2)8-9-11-6-5-7-12(14-11)15-3/h5-10,13H,4H2,1-3H3/b9-8+. The third kappa shape index (κ3) is 4.13. The minimum Gasteiger partial charge on any atom is -0.481 e. The highest BCUT2D eigenvalue weighted by Gasteiger charge is 1.95. The molecule has 0 amide bonds. The molecule has 0 fully saturated rings. The van der Waals surface area contributed by atoms with Gasteiger partial charge in [0.05, 0.1) is 12.8 Å². The second-order valence-electron chi connectivity index (χ2n) is 3.31. The predicted molar refractivity (Wildman–Crippen MR) is 63.0 cm³/mol. The van der Waals surface area contributed by atoms with Crippen molar-refractivity contribution in [1.82, 2.24) is 10.3 Å². The first-order valence-electron chi connectivity index (χ1n) is 5.19. The van der Waals surface area contributed by atoms with Crippen molar-refractivity contribution in [2.75, 3.05) is 13.7 Å². The molecule has 0 aromatic carbocycles. The zero-order chi connectivity index (χ0) is 11.1. The molecule has 15 heavy (non-hydrogen) atoms. The van der Waals surface area contributed by atoms with Crippen LogP contribution in [0.15, 0.2) is 24.3 Å². The topological polar surface area (TPSA) is 34.1 Å². The van der Waals surface area contributed by atoms with Gasteiger partial charge in [0.15, 0.2) is 0 Å². The maximum absolute atomic E-state index is 5.05. The molecule has 0 spiro atoms. The van der Waals surface area contributed by atoms with Gasteiger partial charge in [-0.05, 0) is 25.6 Å². The molecule has 1 aromatic heterocycles. The summed E-state index contributed by atoms with van der Waals surface area (Å²) < 4.78 is 5.05. The number of rotatable bonds is 5. The molecule has 0 radical (unpaired) electrons. The third-order valence-electron chi connectivity index (χ3n) is 2.04. The van der Waals surface area contributed by atoms with Crippen LogP contribution in [0.3, 0.4) is 0 Å². The number of methoxy groups -OCH3 is 1. The van der Waals surface area contributed by atoms with Crippen molar-refractivity contribution in [1.29, 1.82) is 0 Å². The van der Waals surface area contributed by atoms with Gasteiger partial charge in [0.1, 0.15) is 0 Å². The number of ether oxygens (including phenoxy) is 1. The van der Waals surface area contributed by atoms with Crippen molar-refractivity contribution < 1.29 is 4.74 Å². The van der Waals surface area contributed by atoms with Crippen LogP contribution in [0.5, 0.6) is 5.88 Å². The van der Waals surface area contributed by atoms with Crippen molar-refractivity contribution >= 4 is 6.08 Å². The fraction of sp³-hybridized carbons (Fsp3) is 0.417. The average Bonchev–Trinajstić information content (AvgIpc) is 2.27. The SMILES string of the molecule is CCNC(C)/C=C/c1cccc(OC)n1. The summed E-state index contributed by atoms with van der Waals surface area (Å²) in [5, 5.41) is 3.30. The molecule has 0 aliphatic rings. The lowest BCUT2D eigenvalue weighted by molar-refractivity contribution is 0.397. The molecule has 3 heteroatoms.